The third-order valence-electron chi connectivity index (χ3n) is 7.80. The van der Waals surface area contributed by atoms with Crippen LogP contribution in [0.4, 0.5) is 16.2 Å². The average molecular weight is 753 g/mol. The molecule has 15 nitrogen and oxygen atoms in total. The number of carbonyl (C=O) groups is 1. The Morgan fingerprint density at radius 2 is 1.96 bits per heavy atom. The van der Waals surface area contributed by atoms with Gasteiger partial charge in [0.1, 0.15) is 18.7 Å². The van der Waals surface area contributed by atoms with Crippen LogP contribution in [-0.2, 0) is 20.9 Å². The first kappa shape index (κ1) is 39.8. The summed E-state index contributed by atoms with van der Waals surface area (Å²) in [6.45, 7) is 9.40. The number of amides is 1. The number of hydrogen-bond donors (Lipinski definition) is 5. The summed E-state index contributed by atoms with van der Waals surface area (Å²) in [6, 6.07) is 10.7. The molecule has 0 aliphatic heterocycles. The molecule has 0 spiro atoms. The third kappa shape index (κ3) is 9.68. The molecule has 4 rings (SSSR count). The van der Waals surface area contributed by atoms with Crippen molar-refractivity contribution < 1.29 is 28.4 Å². The highest BCUT2D eigenvalue weighted by Crippen LogP contribution is 2.41. The maximum atomic E-state index is 14.3. The van der Waals surface area contributed by atoms with E-state index in [9.17, 15) is 29.2 Å². The van der Waals surface area contributed by atoms with Crippen molar-refractivity contribution in [2.45, 2.75) is 33.2 Å². The number of ether oxygens (including phenoxy) is 1. The largest absolute Gasteiger partial charge is 0.469 e. The molecule has 0 saturated heterocycles. The molecule has 276 valence electrons. The fourth-order valence-corrected chi connectivity index (χ4v) is 5.98. The molecule has 0 radical (unpaired) electrons. The molecule has 0 fully saturated rings. The monoisotopic (exact) mass is 752 g/mol. The molecule has 4 aromatic rings. The average Bonchev–Trinajstić information content (AvgIpc) is 3.07. The predicted octanol–water partition coefficient (Wildman–Crippen LogP) is 5.42. The minimum absolute atomic E-state index is 0.0503. The Morgan fingerprint density at radius 1 is 1.23 bits per heavy atom. The fourth-order valence-electron chi connectivity index (χ4n) is 5.40. The number of nitrogens with zero attached hydrogens (tertiary/aromatic N) is 5. The minimum Gasteiger partial charge on any atom is -0.447 e. The number of phosphoric ester groups is 1. The summed E-state index contributed by atoms with van der Waals surface area (Å²) in [6.07, 6.45) is 5.61. The Labute approximate surface area is 305 Å². The van der Waals surface area contributed by atoms with E-state index in [-0.39, 0.29) is 32.9 Å². The van der Waals surface area contributed by atoms with Gasteiger partial charge in [-0.2, -0.15) is 5.26 Å². The number of nitriles is 1. The molecule has 0 saturated carbocycles. The normalized spacial score (nSPS) is 12.7. The van der Waals surface area contributed by atoms with Gasteiger partial charge in [0.15, 0.2) is 0 Å². The maximum Gasteiger partial charge on any atom is 0.469 e. The summed E-state index contributed by atoms with van der Waals surface area (Å²) in [5.74, 6) is 6.29. The van der Waals surface area contributed by atoms with Gasteiger partial charge >= 0.3 is 13.9 Å². The first-order valence-electron chi connectivity index (χ1n) is 16.1. The van der Waals surface area contributed by atoms with E-state index >= 15 is 0 Å². The first-order valence-corrected chi connectivity index (χ1v) is 18.0. The maximum absolute atomic E-state index is 14.3. The van der Waals surface area contributed by atoms with Crippen molar-refractivity contribution in [3.63, 3.8) is 0 Å². The highest BCUT2D eigenvalue weighted by atomic mass is 35.5. The second-order valence-electron chi connectivity index (χ2n) is 13.1. The highest BCUT2D eigenvalue weighted by molar-refractivity contribution is 7.46. The number of hydrazine groups is 1. The summed E-state index contributed by atoms with van der Waals surface area (Å²) < 4.78 is 22.8. The Balaban J connectivity index is 2.05. The molecule has 2 aromatic heterocycles. The second kappa shape index (κ2) is 16.6. The minimum atomic E-state index is -4.87. The van der Waals surface area contributed by atoms with Crippen molar-refractivity contribution in [1.82, 2.24) is 14.6 Å². The third-order valence-corrected chi connectivity index (χ3v) is 8.61. The zero-order chi connectivity index (χ0) is 38.4. The van der Waals surface area contributed by atoms with Gasteiger partial charge in [-0.05, 0) is 47.1 Å². The van der Waals surface area contributed by atoms with Crippen LogP contribution in [0.2, 0.25) is 5.02 Å². The van der Waals surface area contributed by atoms with Gasteiger partial charge in [0.2, 0.25) is 0 Å². The quantitative estimate of drug-likeness (QED) is 0.0358. The second-order valence-corrected chi connectivity index (χ2v) is 14.7. The van der Waals surface area contributed by atoms with E-state index in [4.69, 9.17) is 27.9 Å². The van der Waals surface area contributed by atoms with Crippen LogP contribution in [0.25, 0.3) is 21.7 Å². The van der Waals surface area contributed by atoms with Crippen molar-refractivity contribution in [3.05, 3.63) is 99.8 Å². The number of phosphoric acid groups is 1. The number of benzene rings is 2. The lowest BCUT2D eigenvalue weighted by Crippen LogP contribution is -2.40. The zero-order valence-electron chi connectivity index (χ0n) is 29.2. The molecule has 2 heterocycles. The predicted molar refractivity (Wildman–Crippen MR) is 201 cm³/mol. The number of aryl methyl sites for hydroxylation is 1. The lowest BCUT2D eigenvalue weighted by atomic mass is 9.95. The molecular weight excluding hydrogens is 711 g/mol. The molecule has 0 bridgehead atoms. The van der Waals surface area contributed by atoms with Gasteiger partial charge in [0, 0.05) is 49.5 Å². The molecule has 1 amide bonds. The van der Waals surface area contributed by atoms with Crippen LogP contribution in [0.15, 0.2) is 78.1 Å². The number of pyridine rings is 2. The van der Waals surface area contributed by atoms with Gasteiger partial charge in [0.05, 0.1) is 39.8 Å². The SMILES string of the molecule is C=CCCN(N)/C=C(\N)C(c1cccc2c(=O)n(C)ccc12)N(C(=O)OCCOP(=O)(O)O)c1cc(Cl)c2ncc(C#N)c(NCC(C)(C)C)c2c1. The van der Waals surface area contributed by atoms with Crippen molar-refractivity contribution in [1.29, 1.82) is 5.26 Å². The van der Waals surface area contributed by atoms with Crippen molar-refractivity contribution in [3.8, 4) is 6.07 Å². The van der Waals surface area contributed by atoms with Crippen LogP contribution in [-0.4, -0.2) is 56.7 Å². The zero-order valence-corrected chi connectivity index (χ0v) is 30.9. The summed E-state index contributed by atoms with van der Waals surface area (Å²) in [7, 11) is -3.26. The molecule has 1 atom stereocenters. The number of halogens is 1. The Morgan fingerprint density at radius 3 is 2.62 bits per heavy atom. The van der Waals surface area contributed by atoms with Crippen molar-refractivity contribution >= 4 is 58.6 Å². The molecule has 7 N–H and O–H groups in total. The Kier molecular flexibility index (Phi) is 12.7. The van der Waals surface area contributed by atoms with E-state index in [2.05, 4.69) is 27.5 Å². The standard InChI is InChI=1S/C35H42ClN8O7P/c1-6-7-12-43(39)20-29(38)32(25-9-8-10-26-24(25)11-13-42(5)33(26)45)44(34(46)50-14-15-51-52(47,48)49)23-16-27-30(41-21-35(2,3)4)22(18-37)19-40-31(27)28(36)17-23/h6,8-11,13,16-17,19-20,32H,1,7,12,14-15,21,38-39H2,2-5H3,(H,40,41)(H2,47,48,49)/b29-20-. The van der Waals surface area contributed by atoms with Gasteiger partial charge in [0.25, 0.3) is 5.56 Å². The first-order chi connectivity index (χ1) is 24.5. The molecule has 52 heavy (non-hydrogen) atoms. The van der Waals surface area contributed by atoms with Gasteiger partial charge in [-0.1, -0.05) is 50.6 Å². The van der Waals surface area contributed by atoms with Crippen LogP contribution < -0.4 is 27.4 Å². The summed E-state index contributed by atoms with van der Waals surface area (Å²) in [5, 5.41) is 16.0. The van der Waals surface area contributed by atoms with Crippen LogP contribution in [0, 0.1) is 16.7 Å². The Hall–Kier alpha value is -4.94. The van der Waals surface area contributed by atoms with Crippen LogP contribution >= 0.6 is 19.4 Å². The topological polar surface area (TPSA) is 222 Å². The number of aromatic nitrogens is 2. The highest BCUT2D eigenvalue weighted by Gasteiger charge is 2.33. The van der Waals surface area contributed by atoms with Crippen molar-refractivity contribution in [2.75, 3.05) is 36.5 Å². The number of nitrogens with two attached hydrogens (primary N) is 2. The fraction of sp³-hybridized carbons (Fsp3) is 0.314. The molecule has 0 aliphatic carbocycles. The van der Waals surface area contributed by atoms with Gasteiger partial charge in [-0.25, -0.2) is 15.2 Å². The lowest BCUT2D eigenvalue weighted by molar-refractivity contribution is 0.114. The van der Waals surface area contributed by atoms with Crippen LogP contribution in [0.3, 0.4) is 0 Å². The van der Waals surface area contributed by atoms with Crippen LogP contribution in [0.1, 0.15) is 44.4 Å². The molecule has 0 aliphatic rings. The van der Waals surface area contributed by atoms with E-state index in [1.807, 2.05) is 20.8 Å². The number of hydrogen-bond acceptors (Lipinski definition) is 11. The van der Waals surface area contributed by atoms with E-state index in [0.717, 1.165) is 0 Å². The Bertz CT molecular complexity index is 2160. The summed E-state index contributed by atoms with van der Waals surface area (Å²) in [5.41, 5.74) is 7.97. The van der Waals surface area contributed by atoms with E-state index in [1.165, 1.54) is 32.9 Å². The molecule has 2 aromatic carbocycles. The lowest BCUT2D eigenvalue weighted by Gasteiger charge is -2.33. The summed E-state index contributed by atoms with van der Waals surface area (Å²) in [4.78, 5) is 51.6. The summed E-state index contributed by atoms with van der Waals surface area (Å²) >= 11 is 6.86. The number of anilines is 2. The van der Waals surface area contributed by atoms with E-state index < -0.39 is 33.2 Å². The number of carbonyl (C=O) groups excluding carboxylic acids is 1. The molecule has 17 heteroatoms. The van der Waals surface area contributed by atoms with Gasteiger partial charge in [-0.3, -0.25) is 19.2 Å². The van der Waals surface area contributed by atoms with Gasteiger partial charge < -0.3 is 35.2 Å². The number of rotatable bonds is 14. The smallest absolute Gasteiger partial charge is 0.447 e. The number of nitrogens with one attached hydrogen (secondary N) is 1. The molecular formula is C35H42ClN8O7P. The molecule has 1 unspecified atom stereocenters. The van der Waals surface area contributed by atoms with E-state index in [0.29, 0.717) is 52.4 Å². The van der Waals surface area contributed by atoms with E-state index in [1.54, 1.807) is 49.7 Å². The number of fused-ring (bicyclic) bond motifs is 2. The van der Waals surface area contributed by atoms with Crippen molar-refractivity contribution in [2.24, 2.45) is 24.0 Å². The van der Waals surface area contributed by atoms with Crippen LogP contribution in [0.5, 0.6) is 0 Å². The van der Waals surface area contributed by atoms with Gasteiger partial charge in [-0.15, -0.1) is 6.58 Å².